The Morgan fingerprint density at radius 2 is 1.11 bits per heavy atom. The summed E-state index contributed by atoms with van der Waals surface area (Å²) in [5, 5.41) is 29.6. The van der Waals surface area contributed by atoms with Gasteiger partial charge in [-0.1, -0.05) is 66.7 Å². The summed E-state index contributed by atoms with van der Waals surface area (Å²) in [5.74, 6) is -3.36. The molecule has 12 nitrogen and oxygen atoms in total. The van der Waals surface area contributed by atoms with Gasteiger partial charge in [0.15, 0.2) is 0 Å². The highest BCUT2D eigenvalue weighted by molar-refractivity contribution is 5.95. The first-order valence-electron chi connectivity index (χ1n) is 15.3. The summed E-state index contributed by atoms with van der Waals surface area (Å²) in [6.07, 6.45) is 2.41. The zero-order valence-corrected chi connectivity index (χ0v) is 25.8. The molecule has 0 fully saturated rings. The van der Waals surface area contributed by atoms with Crippen molar-refractivity contribution in [1.82, 2.24) is 25.9 Å². The number of rotatable bonds is 14. The van der Waals surface area contributed by atoms with E-state index in [2.05, 4.69) is 25.9 Å². The van der Waals surface area contributed by atoms with Crippen molar-refractivity contribution in [2.45, 2.75) is 56.5 Å². The van der Waals surface area contributed by atoms with E-state index in [1.807, 2.05) is 54.6 Å². The molecule has 12 heteroatoms. The second-order valence-corrected chi connectivity index (χ2v) is 11.6. The van der Waals surface area contributed by atoms with Gasteiger partial charge < -0.3 is 41.9 Å². The lowest BCUT2D eigenvalue weighted by Crippen LogP contribution is -2.59. The molecule has 0 saturated carbocycles. The molecular formula is C35H38N6O6. The van der Waals surface area contributed by atoms with Crippen molar-refractivity contribution in [3.63, 3.8) is 0 Å². The van der Waals surface area contributed by atoms with Crippen LogP contribution < -0.4 is 21.7 Å². The Balaban J connectivity index is 1.44. The molecular weight excluding hydrogens is 600 g/mol. The second-order valence-electron chi connectivity index (χ2n) is 11.6. The van der Waals surface area contributed by atoms with Gasteiger partial charge in [-0.25, -0.2) is 4.79 Å². The van der Waals surface area contributed by atoms with Crippen LogP contribution in [0.4, 0.5) is 0 Å². The zero-order chi connectivity index (χ0) is 33.5. The number of carbonyl (C=O) groups is 4. The Labute approximate surface area is 270 Å². The summed E-state index contributed by atoms with van der Waals surface area (Å²) in [6, 6.07) is 18.9. The van der Waals surface area contributed by atoms with Crippen molar-refractivity contribution < 1.29 is 29.4 Å². The number of aliphatic carboxylic acids is 1. The first-order chi connectivity index (χ1) is 22.6. The van der Waals surface area contributed by atoms with Gasteiger partial charge in [0.2, 0.25) is 17.7 Å². The number of aliphatic hydroxyl groups is 1. The van der Waals surface area contributed by atoms with E-state index in [0.29, 0.717) is 5.56 Å². The van der Waals surface area contributed by atoms with Crippen LogP contribution in [-0.2, 0) is 38.4 Å². The molecule has 5 aromatic rings. The number of carboxylic acid groups (broad SMARTS) is 1. The zero-order valence-electron chi connectivity index (χ0n) is 25.8. The van der Waals surface area contributed by atoms with E-state index < -0.39 is 54.0 Å². The van der Waals surface area contributed by atoms with E-state index in [0.717, 1.165) is 32.9 Å². The monoisotopic (exact) mass is 638 g/mol. The van der Waals surface area contributed by atoms with Crippen molar-refractivity contribution in [3.05, 3.63) is 108 Å². The smallest absolute Gasteiger partial charge is 0.326 e. The largest absolute Gasteiger partial charge is 0.480 e. The molecule has 5 rings (SSSR count). The number of aromatic amines is 2. The first-order valence-corrected chi connectivity index (χ1v) is 15.3. The molecule has 9 N–H and O–H groups in total. The lowest BCUT2D eigenvalue weighted by Gasteiger charge is -2.26. The minimum Gasteiger partial charge on any atom is -0.480 e. The highest BCUT2D eigenvalue weighted by Crippen LogP contribution is 2.21. The number of para-hydroxylation sites is 2. The number of aromatic nitrogens is 2. The number of hydrogen-bond acceptors (Lipinski definition) is 6. The Kier molecular flexibility index (Phi) is 10.3. The van der Waals surface area contributed by atoms with Gasteiger partial charge in [0.05, 0.1) is 6.10 Å². The molecule has 244 valence electrons. The Morgan fingerprint density at radius 3 is 1.60 bits per heavy atom. The lowest BCUT2D eigenvalue weighted by atomic mass is 10.0. The van der Waals surface area contributed by atoms with Gasteiger partial charge in [-0.15, -0.1) is 0 Å². The number of hydrogen-bond donors (Lipinski definition) is 8. The minimum atomic E-state index is -1.30. The normalized spacial score (nSPS) is 14.5. The predicted molar refractivity (Wildman–Crippen MR) is 177 cm³/mol. The maximum atomic E-state index is 14.0. The van der Waals surface area contributed by atoms with Crippen LogP contribution in [0.15, 0.2) is 91.3 Å². The molecule has 3 aromatic carbocycles. The number of fused-ring (bicyclic) bond motifs is 2. The van der Waals surface area contributed by atoms with Crippen LogP contribution in [0.25, 0.3) is 21.8 Å². The van der Waals surface area contributed by atoms with Crippen LogP contribution in [0.5, 0.6) is 0 Å². The number of carbonyl (C=O) groups excluding carboxylic acids is 3. The highest BCUT2D eigenvalue weighted by atomic mass is 16.4. The van der Waals surface area contributed by atoms with Gasteiger partial charge in [-0.3, -0.25) is 14.4 Å². The average molecular weight is 639 g/mol. The quantitative estimate of drug-likeness (QED) is 0.0907. The maximum absolute atomic E-state index is 14.0. The summed E-state index contributed by atoms with van der Waals surface area (Å²) in [5.41, 5.74) is 9.73. The minimum absolute atomic E-state index is 0.0280. The van der Waals surface area contributed by atoms with Crippen molar-refractivity contribution in [3.8, 4) is 0 Å². The fraction of sp³-hybridized carbons (Fsp3) is 0.257. The number of aliphatic hydroxyl groups excluding tert-OH is 1. The molecule has 2 heterocycles. The van der Waals surface area contributed by atoms with Gasteiger partial charge in [0.1, 0.15) is 24.2 Å². The van der Waals surface area contributed by atoms with Crippen LogP contribution >= 0.6 is 0 Å². The van der Waals surface area contributed by atoms with E-state index in [1.165, 1.54) is 6.92 Å². The van der Waals surface area contributed by atoms with Gasteiger partial charge in [0.25, 0.3) is 0 Å². The average Bonchev–Trinajstić information content (AvgIpc) is 3.67. The van der Waals surface area contributed by atoms with E-state index in [4.69, 9.17) is 5.73 Å². The molecule has 47 heavy (non-hydrogen) atoms. The number of carboxylic acids is 1. The number of benzene rings is 3. The molecule has 0 bridgehead atoms. The third kappa shape index (κ3) is 8.04. The van der Waals surface area contributed by atoms with Crippen molar-refractivity contribution in [1.29, 1.82) is 0 Å². The summed E-state index contributed by atoms with van der Waals surface area (Å²) in [4.78, 5) is 59.3. The number of H-pyrrole nitrogens is 2. The summed E-state index contributed by atoms with van der Waals surface area (Å²) < 4.78 is 0. The standard InChI is InChI=1S/C35H38N6O6/c1-20(42)31(36)34(45)40-29(17-23-19-38-27-14-8-6-12-25(23)27)32(43)39-28(16-22-18-37-26-13-7-5-11-24(22)26)33(44)41-30(35(46)47)15-21-9-3-2-4-10-21/h2-14,18-20,28-31,37-38,42H,15-17,36H2,1H3,(H,39,43)(H,40,45)(H,41,44)(H,46,47). The fourth-order valence-corrected chi connectivity index (χ4v) is 5.54. The van der Waals surface area contributed by atoms with E-state index in [1.54, 1.807) is 36.7 Å². The number of nitrogens with two attached hydrogens (primary N) is 1. The summed E-state index contributed by atoms with van der Waals surface area (Å²) in [7, 11) is 0. The molecule has 5 unspecified atom stereocenters. The molecule has 5 atom stereocenters. The van der Waals surface area contributed by atoms with Crippen molar-refractivity contribution in [2.24, 2.45) is 5.73 Å². The lowest BCUT2D eigenvalue weighted by molar-refractivity contribution is -0.142. The van der Waals surface area contributed by atoms with Crippen LogP contribution in [0, 0.1) is 0 Å². The van der Waals surface area contributed by atoms with E-state index in [9.17, 15) is 29.4 Å². The van der Waals surface area contributed by atoms with Crippen LogP contribution in [-0.4, -0.2) is 74.1 Å². The van der Waals surface area contributed by atoms with Crippen molar-refractivity contribution in [2.75, 3.05) is 0 Å². The summed E-state index contributed by atoms with van der Waals surface area (Å²) >= 11 is 0. The molecule has 0 aliphatic rings. The van der Waals surface area contributed by atoms with E-state index >= 15 is 0 Å². The second kappa shape index (κ2) is 14.8. The summed E-state index contributed by atoms with van der Waals surface area (Å²) in [6.45, 7) is 1.37. The third-order valence-corrected chi connectivity index (χ3v) is 8.18. The van der Waals surface area contributed by atoms with Gasteiger partial charge >= 0.3 is 5.97 Å². The third-order valence-electron chi connectivity index (χ3n) is 8.18. The highest BCUT2D eigenvalue weighted by Gasteiger charge is 2.32. The van der Waals surface area contributed by atoms with E-state index in [-0.39, 0.29) is 19.3 Å². The molecule has 0 aliphatic carbocycles. The number of nitrogens with one attached hydrogen (secondary N) is 5. The Hall–Kier alpha value is -5.46. The van der Waals surface area contributed by atoms with Crippen LogP contribution in [0.1, 0.15) is 23.6 Å². The van der Waals surface area contributed by atoms with Crippen molar-refractivity contribution >= 4 is 45.5 Å². The van der Waals surface area contributed by atoms with Gasteiger partial charge in [-0.2, -0.15) is 0 Å². The molecule has 0 aliphatic heterocycles. The van der Waals surface area contributed by atoms with Crippen LogP contribution in [0.2, 0.25) is 0 Å². The maximum Gasteiger partial charge on any atom is 0.326 e. The van der Waals surface area contributed by atoms with Crippen LogP contribution in [0.3, 0.4) is 0 Å². The molecule has 2 aromatic heterocycles. The predicted octanol–water partition coefficient (Wildman–Crippen LogP) is 1.92. The number of amides is 3. The first kappa shape index (κ1) is 32.9. The molecule has 0 saturated heterocycles. The van der Waals surface area contributed by atoms with Gasteiger partial charge in [0, 0.05) is 53.5 Å². The molecule has 0 radical (unpaired) electrons. The molecule has 3 amide bonds. The fourth-order valence-electron chi connectivity index (χ4n) is 5.54. The topological polar surface area (TPSA) is 202 Å². The molecule has 0 spiro atoms. The Bertz CT molecular complexity index is 1870. The van der Waals surface area contributed by atoms with Gasteiger partial charge in [-0.05, 0) is 35.7 Å². The Morgan fingerprint density at radius 1 is 0.660 bits per heavy atom. The SMILES string of the molecule is CC(O)C(N)C(=O)NC(Cc1c[nH]c2ccccc12)C(=O)NC(Cc1c[nH]c2ccccc12)C(=O)NC(Cc1ccccc1)C(=O)O.